The zero-order valence-corrected chi connectivity index (χ0v) is 10.3. The standard InChI is InChI=1S/C11H17NO3S/c1-11(14,9-4-3-7-16-9)8-12-10(13)5-6-15-2/h3-4,7,14H,5-6,8H2,1-2H3,(H,12,13). The number of carbonyl (C=O) groups is 1. The largest absolute Gasteiger partial charge is 0.384 e. The van der Waals surface area contributed by atoms with Crippen LogP contribution in [0, 0.1) is 0 Å². The fourth-order valence-electron chi connectivity index (χ4n) is 1.23. The van der Waals surface area contributed by atoms with Crippen molar-refractivity contribution in [2.45, 2.75) is 18.9 Å². The van der Waals surface area contributed by atoms with Gasteiger partial charge in [0, 0.05) is 18.4 Å². The Morgan fingerprint density at radius 3 is 3.00 bits per heavy atom. The zero-order valence-electron chi connectivity index (χ0n) is 9.53. The number of carbonyl (C=O) groups excluding carboxylic acids is 1. The summed E-state index contributed by atoms with van der Waals surface area (Å²) in [7, 11) is 1.55. The molecule has 0 bridgehead atoms. The van der Waals surface area contributed by atoms with Gasteiger partial charge < -0.3 is 15.2 Å². The first-order chi connectivity index (χ1) is 7.56. The van der Waals surface area contributed by atoms with Gasteiger partial charge in [-0.05, 0) is 18.4 Å². The van der Waals surface area contributed by atoms with Crippen molar-refractivity contribution in [3.63, 3.8) is 0 Å². The van der Waals surface area contributed by atoms with E-state index in [0.717, 1.165) is 4.88 Å². The lowest BCUT2D eigenvalue weighted by Gasteiger charge is -2.22. The molecule has 1 amide bonds. The van der Waals surface area contributed by atoms with Gasteiger partial charge in [-0.2, -0.15) is 0 Å². The summed E-state index contributed by atoms with van der Waals surface area (Å²) in [5.74, 6) is -0.112. The Morgan fingerprint density at radius 2 is 2.44 bits per heavy atom. The van der Waals surface area contributed by atoms with E-state index in [1.165, 1.54) is 11.3 Å². The van der Waals surface area contributed by atoms with Crippen molar-refractivity contribution in [3.05, 3.63) is 22.4 Å². The maximum atomic E-state index is 11.3. The van der Waals surface area contributed by atoms with Crippen LogP contribution in [-0.4, -0.2) is 31.3 Å². The molecule has 1 heterocycles. The Hall–Kier alpha value is -0.910. The second-order valence-corrected chi connectivity index (χ2v) is 4.72. The molecule has 0 aliphatic carbocycles. The van der Waals surface area contributed by atoms with E-state index < -0.39 is 5.60 Å². The predicted molar refractivity (Wildman–Crippen MR) is 63.4 cm³/mol. The molecule has 1 atom stereocenters. The van der Waals surface area contributed by atoms with E-state index in [9.17, 15) is 9.90 Å². The minimum Gasteiger partial charge on any atom is -0.384 e. The molecule has 16 heavy (non-hydrogen) atoms. The number of aliphatic hydroxyl groups is 1. The molecule has 0 aromatic carbocycles. The molecule has 0 aliphatic rings. The quantitative estimate of drug-likeness (QED) is 0.787. The van der Waals surface area contributed by atoms with Crippen LogP contribution in [0.25, 0.3) is 0 Å². The third kappa shape index (κ3) is 3.92. The SMILES string of the molecule is COCCC(=O)NCC(C)(O)c1cccs1. The molecule has 1 unspecified atom stereocenters. The molecule has 5 heteroatoms. The summed E-state index contributed by atoms with van der Waals surface area (Å²) in [6, 6.07) is 3.73. The van der Waals surface area contributed by atoms with E-state index in [1.54, 1.807) is 14.0 Å². The summed E-state index contributed by atoms with van der Waals surface area (Å²) >= 11 is 1.47. The van der Waals surface area contributed by atoms with Gasteiger partial charge in [-0.15, -0.1) is 11.3 Å². The van der Waals surface area contributed by atoms with E-state index in [4.69, 9.17) is 4.74 Å². The molecule has 1 rings (SSSR count). The molecule has 0 saturated carbocycles. The summed E-state index contributed by atoms with van der Waals surface area (Å²) in [5, 5.41) is 14.7. The van der Waals surface area contributed by atoms with Crippen LogP contribution in [0.4, 0.5) is 0 Å². The first kappa shape index (κ1) is 13.2. The molecule has 0 aliphatic heterocycles. The maximum absolute atomic E-state index is 11.3. The van der Waals surface area contributed by atoms with Gasteiger partial charge in [0.15, 0.2) is 0 Å². The van der Waals surface area contributed by atoms with Gasteiger partial charge in [-0.25, -0.2) is 0 Å². The third-order valence-corrected chi connectivity index (χ3v) is 3.34. The lowest BCUT2D eigenvalue weighted by molar-refractivity contribution is -0.123. The second kappa shape index (κ2) is 5.98. The normalized spacial score (nSPS) is 14.4. The summed E-state index contributed by atoms with van der Waals surface area (Å²) in [5.41, 5.74) is -1.00. The van der Waals surface area contributed by atoms with Gasteiger partial charge in [0.25, 0.3) is 0 Å². The highest BCUT2D eigenvalue weighted by molar-refractivity contribution is 7.10. The molecule has 4 nitrogen and oxygen atoms in total. The Morgan fingerprint density at radius 1 is 1.69 bits per heavy atom. The molecule has 2 N–H and O–H groups in total. The van der Waals surface area contributed by atoms with Crippen LogP contribution in [0.5, 0.6) is 0 Å². The van der Waals surface area contributed by atoms with Crippen molar-refractivity contribution in [3.8, 4) is 0 Å². The van der Waals surface area contributed by atoms with Gasteiger partial charge in [-0.3, -0.25) is 4.79 Å². The number of amides is 1. The Kier molecular flexibility index (Phi) is 4.92. The van der Waals surface area contributed by atoms with Crippen LogP contribution in [0.3, 0.4) is 0 Å². The number of thiophene rings is 1. The summed E-state index contributed by atoms with van der Waals surface area (Å²) in [6.45, 7) is 2.30. The van der Waals surface area contributed by atoms with E-state index in [1.807, 2.05) is 17.5 Å². The van der Waals surface area contributed by atoms with Crippen molar-refractivity contribution in [1.29, 1.82) is 0 Å². The highest BCUT2D eigenvalue weighted by Crippen LogP contribution is 2.24. The molecule has 1 aromatic heterocycles. The lowest BCUT2D eigenvalue weighted by Crippen LogP contribution is -2.38. The number of rotatable bonds is 6. The maximum Gasteiger partial charge on any atom is 0.222 e. The number of hydrogen-bond acceptors (Lipinski definition) is 4. The fraction of sp³-hybridized carbons (Fsp3) is 0.545. The van der Waals surface area contributed by atoms with Crippen molar-refractivity contribution in [2.75, 3.05) is 20.3 Å². The molecular formula is C11H17NO3S. The van der Waals surface area contributed by atoms with Crippen LogP contribution in [0.1, 0.15) is 18.2 Å². The van der Waals surface area contributed by atoms with Gasteiger partial charge in [0.1, 0.15) is 5.60 Å². The summed E-state index contributed by atoms with van der Waals surface area (Å²) in [4.78, 5) is 12.2. The number of nitrogens with one attached hydrogen (secondary N) is 1. The fourth-order valence-corrected chi connectivity index (χ4v) is 2.01. The van der Waals surface area contributed by atoms with Crippen LogP contribution in [0.2, 0.25) is 0 Å². The topological polar surface area (TPSA) is 58.6 Å². The van der Waals surface area contributed by atoms with E-state index in [0.29, 0.717) is 13.0 Å². The van der Waals surface area contributed by atoms with Crippen LogP contribution >= 0.6 is 11.3 Å². The van der Waals surface area contributed by atoms with Gasteiger partial charge in [-0.1, -0.05) is 6.07 Å². The highest BCUT2D eigenvalue weighted by Gasteiger charge is 2.24. The average molecular weight is 243 g/mol. The molecule has 0 saturated heterocycles. The summed E-state index contributed by atoms with van der Waals surface area (Å²) < 4.78 is 4.80. The zero-order chi connectivity index (χ0) is 12.0. The van der Waals surface area contributed by atoms with Crippen molar-refractivity contribution in [2.24, 2.45) is 0 Å². The van der Waals surface area contributed by atoms with Gasteiger partial charge >= 0.3 is 0 Å². The van der Waals surface area contributed by atoms with E-state index in [-0.39, 0.29) is 12.5 Å². The Labute approximate surface area is 99.2 Å². The minimum atomic E-state index is -1.00. The lowest BCUT2D eigenvalue weighted by atomic mass is 10.1. The Balaban J connectivity index is 2.39. The minimum absolute atomic E-state index is 0.112. The molecular weight excluding hydrogens is 226 g/mol. The number of hydrogen-bond donors (Lipinski definition) is 2. The summed E-state index contributed by atoms with van der Waals surface area (Å²) in [6.07, 6.45) is 0.316. The molecule has 0 spiro atoms. The molecule has 1 aromatic rings. The molecule has 0 fully saturated rings. The first-order valence-electron chi connectivity index (χ1n) is 5.08. The van der Waals surface area contributed by atoms with Crippen LogP contribution < -0.4 is 5.32 Å². The van der Waals surface area contributed by atoms with Crippen LogP contribution in [-0.2, 0) is 15.1 Å². The highest BCUT2D eigenvalue weighted by atomic mass is 32.1. The van der Waals surface area contributed by atoms with E-state index >= 15 is 0 Å². The Bertz CT molecular complexity index is 322. The van der Waals surface area contributed by atoms with Crippen molar-refractivity contribution in [1.82, 2.24) is 5.32 Å². The number of methoxy groups -OCH3 is 1. The number of ether oxygens (including phenoxy) is 1. The van der Waals surface area contributed by atoms with Crippen LogP contribution in [0.15, 0.2) is 17.5 Å². The first-order valence-corrected chi connectivity index (χ1v) is 5.96. The average Bonchev–Trinajstić information content (AvgIpc) is 2.77. The monoisotopic (exact) mass is 243 g/mol. The molecule has 90 valence electrons. The smallest absolute Gasteiger partial charge is 0.222 e. The van der Waals surface area contributed by atoms with E-state index in [2.05, 4.69) is 5.32 Å². The van der Waals surface area contributed by atoms with Gasteiger partial charge in [0.2, 0.25) is 5.91 Å². The predicted octanol–water partition coefficient (Wildman–Crippen LogP) is 1.11. The van der Waals surface area contributed by atoms with Crippen molar-refractivity contribution < 1.29 is 14.6 Å². The van der Waals surface area contributed by atoms with Gasteiger partial charge in [0.05, 0.1) is 13.2 Å². The van der Waals surface area contributed by atoms with Crippen molar-refractivity contribution >= 4 is 17.2 Å². The second-order valence-electron chi connectivity index (χ2n) is 3.77. The third-order valence-electron chi connectivity index (χ3n) is 2.22. The molecule has 0 radical (unpaired) electrons.